The van der Waals surface area contributed by atoms with E-state index in [-0.39, 0.29) is 5.91 Å². The van der Waals surface area contributed by atoms with E-state index >= 15 is 0 Å². The lowest BCUT2D eigenvalue weighted by atomic mass is 10.2. The normalized spacial score (nSPS) is 19.5. The first-order valence-corrected chi connectivity index (χ1v) is 9.49. The number of carbonyl (C=O) groups excluding carboxylic acids is 1. The van der Waals surface area contributed by atoms with Crippen LogP contribution in [0.15, 0.2) is 57.9 Å². The van der Waals surface area contributed by atoms with Crippen LogP contribution in [0.25, 0.3) is 12.2 Å². The first-order valence-electron chi connectivity index (χ1n) is 8.26. The van der Waals surface area contributed by atoms with Crippen molar-refractivity contribution in [3.63, 3.8) is 0 Å². The molecule has 1 amide bonds. The van der Waals surface area contributed by atoms with Gasteiger partial charge in [0.05, 0.1) is 11.4 Å². The van der Waals surface area contributed by atoms with Crippen molar-refractivity contribution in [2.45, 2.75) is 19.4 Å². The van der Waals surface area contributed by atoms with Gasteiger partial charge in [0, 0.05) is 6.08 Å². The Morgan fingerprint density at radius 3 is 2.68 bits per heavy atom. The van der Waals surface area contributed by atoms with Gasteiger partial charge in [-0.15, -0.1) is 0 Å². The second-order valence-electron chi connectivity index (χ2n) is 6.19. The van der Waals surface area contributed by atoms with Crippen LogP contribution in [-0.2, 0) is 11.3 Å². The summed E-state index contributed by atoms with van der Waals surface area (Å²) < 4.78 is 6.35. The predicted octanol–water partition coefficient (Wildman–Crippen LogP) is 5.10. The second kappa shape index (κ2) is 7.02. The SMILES string of the molecule is O=C1/C(=C/c2ccc(/C=C/C3CC3)o2)SC(=S)N1Cc1ccccc1. The Morgan fingerprint density at radius 1 is 1.16 bits per heavy atom. The maximum atomic E-state index is 12.6. The van der Waals surface area contributed by atoms with Crippen LogP contribution in [0.2, 0.25) is 0 Å². The first-order chi connectivity index (χ1) is 12.2. The summed E-state index contributed by atoms with van der Waals surface area (Å²) in [4.78, 5) is 14.9. The van der Waals surface area contributed by atoms with Crippen molar-refractivity contribution >= 4 is 46.4 Å². The van der Waals surface area contributed by atoms with Crippen molar-refractivity contribution in [1.29, 1.82) is 0 Å². The Hall–Kier alpha value is -2.11. The van der Waals surface area contributed by atoms with E-state index in [1.165, 1.54) is 24.6 Å². The average molecular weight is 367 g/mol. The molecule has 0 spiro atoms. The molecule has 25 heavy (non-hydrogen) atoms. The van der Waals surface area contributed by atoms with Gasteiger partial charge < -0.3 is 4.42 Å². The lowest BCUT2D eigenvalue weighted by Crippen LogP contribution is -2.27. The summed E-state index contributed by atoms with van der Waals surface area (Å²) in [5.41, 5.74) is 1.06. The Morgan fingerprint density at radius 2 is 1.92 bits per heavy atom. The molecule has 1 saturated heterocycles. The zero-order chi connectivity index (χ0) is 17.2. The molecule has 0 atom stereocenters. The van der Waals surface area contributed by atoms with E-state index in [1.54, 1.807) is 11.0 Å². The zero-order valence-electron chi connectivity index (χ0n) is 13.6. The molecule has 0 N–H and O–H groups in total. The lowest BCUT2D eigenvalue weighted by Gasteiger charge is -2.14. The van der Waals surface area contributed by atoms with Crippen LogP contribution in [0.4, 0.5) is 0 Å². The van der Waals surface area contributed by atoms with Crippen LogP contribution >= 0.6 is 24.0 Å². The number of carbonyl (C=O) groups is 1. The van der Waals surface area contributed by atoms with Gasteiger partial charge >= 0.3 is 0 Å². The molecular formula is C20H17NO2S2. The molecule has 2 heterocycles. The molecule has 1 aromatic heterocycles. The zero-order valence-corrected chi connectivity index (χ0v) is 15.2. The van der Waals surface area contributed by atoms with Crippen molar-refractivity contribution in [1.82, 2.24) is 4.90 Å². The third kappa shape index (κ3) is 3.94. The Balaban J connectivity index is 1.48. The summed E-state index contributed by atoms with van der Waals surface area (Å²) in [7, 11) is 0. The van der Waals surface area contributed by atoms with Gasteiger partial charge in [0.15, 0.2) is 0 Å². The minimum Gasteiger partial charge on any atom is -0.457 e. The second-order valence-corrected chi connectivity index (χ2v) is 7.87. The van der Waals surface area contributed by atoms with E-state index in [1.807, 2.05) is 48.5 Å². The molecule has 1 saturated carbocycles. The standard InChI is InChI=1S/C20H17NO2S2/c22-19-18(12-17-11-10-16(23-17)9-8-14-6-7-14)25-20(24)21(19)13-15-4-2-1-3-5-15/h1-5,8-12,14H,6-7,13H2/b9-8+,18-12-. The number of thioether (sulfide) groups is 1. The molecule has 2 fully saturated rings. The van der Waals surface area contributed by atoms with Gasteiger partial charge in [0.2, 0.25) is 0 Å². The number of thiocarbonyl (C=S) groups is 1. The number of amides is 1. The number of hydrogen-bond acceptors (Lipinski definition) is 4. The van der Waals surface area contributed by atoms with Crippen molar-refractivity contribution < 1.29 is 9.21 Å². The Labute approximate surface area is 156 Å². The fourth-order valence-electron chi connectivity index (χ4n) is 2.59. The number of benzene rings is 1. The molecule has 2 aromatic rings. The van der Waals surface area contributed by atoms with Crippen molar-refractivity contribution in [2.75, 3.05) is 0 Å². The fraction of sp³-hybridized carbons (Fsp3) is 0.200. The largest absolute Gasteiger partial charge is 0.457 e. The molecule has 1 aromatic carbocycles. The van der Waals surface area contributed by atoms with E-state index < -0.39 is 0 Å². The molecule has 0 radical (unpaired) electrons. The highest BCUT2D eigenvalue weighted by atomic mass is 32.2. The van der Waals surface area contributed by atoms with Crippen LogP contribution in [0.3, 0.4) is 0 Å². The Bertz CT molecular complexity index is 863. The van der Waals surface area contributed by atoms with Crippen LogP contribution in [0.1, 0.15) is 29.9 Å². The molecule has 2 aliphatic rings. The van der Waals surface area contributed by atoms with Crippen LogP contribution in [0.5, 0.6) is 0 Å². The third-order valence-electron chi connectivity index (χ3n) is 4.13. The van der Waals surface area contributed by atoms with E-state index in [9.17, 15) is 4.79 Å². The lowest BCUT2D eigenvalue weighted by molar-refractivity contribution is -0.122. The van der Waals surface area contributed by atoms with Gasteiger partial charge in [-0.1, -0.05) is 60.4 Å². The van der Waals surface area contributed by atoms with Gasteiger partial charge in [-0.2, -0.15) is 0 Å². The molecule has 126 valence electrons. The van der Waals surface area contributed by atoms with Crippen LogP contribution < -0.4 is 0 Å². The highest BCUT2D eigenvalue weighted by molar-refractivity contribution is 8.26. The maximum Gasteiger partial charge on any atom is 0.266 e. The molecule has 0 bridgehead atoms. The van der Waals surface area contributed by atoms with Crippen molar-refractivity contribution in [3.05, 3.63) is 70.5 Å². The third-order valence-corrected chi connectivity index (χ3v) is 5.51. The topological polar surface area (TPSA) is 33.5 Å². The molecule has 1 aliphatic carbocycles. The van der Waals surface area contributed by atoms with Gasteiger partial charge in [0.1, 0.15) is 15.8 Å². The summed E-state index contributed by atoms with van der Waals surface area (Å²) in [5.74, 6) is 2.14. The molecule has 4 rings (SSSR count). The molecule has 1 aliphatic heterocycles. The number of hydrogen-bond donors (Lipinski definition) is 0. The number of rotatable bonds is 5. The molecule has 3 nitrogen and oxygen atoms in total. The maximum absolute atomic E-state index is 12.6. The predicted molar refractivity (Wildman–Crippen MR) is 106 cm³/mol. The number of nitrogens with zero attached hydrogens (tertiary/aromatic N) is 1. The fourth-order valence-corrected chi connectivity index (χ4v) is 3.82. The van der Waals surface area contributed by atoms with Gasteiger partial charge in [0.25, 0.3) is 5.91 Å². The summed E-state index contributed by atoms with van der Waals surface area (Å²) in [6.07, 6.45) is 8.51. The van der Waals surface area contributed by atoms with Crippen LogP contribution in [-0.4, -0.2) is 15.1 Å². The quantitative estimate of drug-likeness (QED) is 0.543. The van der Waals surface area contributed by atoms with E-state index in [4.69, 9.17) is 16.6 Å². The Kier molecular flexibility index (Phi) is 4.59. The van der Waals surface area contributed by atoms with Crippen molar-refractivity contribution in [3.8, 4) is 0 Å². The molecule has 5 heteroatoms. The number of allylic oxidation sites excluding steroid dienone is 1. The van der Waals surface area contributed by atoms with Gasteiger partial charge in [-0.25, -0.2) is 0 Å². The highest BCUT2D eigenvalue weighted by Crippen LogP contribution is 2.34. The first kappa shape index (κ1) is 16.4. The smallest absolute Gasteiger partial charge is 0.266 e. The average Bonchev–Trinajstić information content (AvgIpc) is 3.29. The number of furan rings is 1. The van der Waals surface area contributed by atoms with Gasteiger partial charge in [-0.05, 0) is 42.5 Å². The van der Waals surface area contributed by atoms with E-state index in [2.05, 4.69) is 6.08 Å². The summed E-state index contributed by atoms with van der Waals surface area (Å²) in [6, 6.07) is 13.7. The monoisotopic (exact) mass is 367 g/mol. The summed E-state index contributed by atoms with van der Waals surface area (Å²) in [6.45, 7) is 0.496. The minimum absolute atomic E-state index is 0.0645. The van der Waals surface area contributed by atoms with Crippen LogP contribution in [0, 0.1) is 5.92 Å². The summed E-state index contributed by atoms with van der Waals surface area (Å²) >= 11 is 6.70. The van der Waals surface area contributed by atoms with Gasteiger partial charge in [-0.3, -0.25) is 9.69 Å². The summed E-state index contributed by atoms with van der Waals surface area (Å²) in [5, 5.41) is 0. The molecular weight excluding hydrogens is 350 g/mol. The van der Waals surface area contributed by atoms with E-state index in [0.717, 1.165) is 11.3 Å². The van der Waals surface area contributed by atoms with Crippen molar-refractivity contribution in [2.24, 2.45) is 5.92 Å². The molecule has 0 unspecified atom stereocenters. The van der Waals surface area contributed by atoms with E-state index in [0.29, 0.717) is 27.4 Å². The minimum atomic E-state index is -0.0645. The highest BCUT2D eigenvalue weighted by Gasteiger charge is 2.32.